The third kappa shape index (κ3) is 2.61. The van der Waals surface area contributed by atoms with Gasteiger partial charge in [0.05, 0.1) is 11.0 Å². The summed E-state index contributed by atoms with van der Waals surface area (Å²) in [6.07, 6.45) is 3.24. The number of piperidine rings is 1. The summed E-state index contributed by atoms with van der Waals surface area (Å²) in [5.74, 6) is 2.08. The average Bonchev–Trinajstić information content (AvgIpc) is 3.18. The van der Waals surface area contributed by atoms with E-state index in [0.29, 0.717) is 6.04 Å². The van der Waals surface area contributed by atoms with Crippen LogP contribution in [0.4, 0.5) is 5.13 Å². The zero-order valence-corrected chi connectivity index (χ0v) is 14.4. The fourth-order valence-corrected chi connectivity index (χ4v) is 4.21. The number of hydrogen-bond donors (Lipinski definition) is 0. The lowest BCUT2D eigenvalue weighted by Gasteiger charge is -2.33. The first kappa shape index (κ1) is 14.6. The number of rotatable bonds is 3. The first-order valence-corrected chi connectivity index (χ1v) is 9.04. The van der Waals surface area contributed by atoms with Crippen LogP contribution in [0.2, 0.25) is 0 Å². The summed E-state index contributed by atoms with van der Waals surface area (Å²) in [7, 11) is 0. The average molecular weight is 327 g/mol. The number of para-hydroxylation sites is 2. The van der Waals surface area contributed by atoms with Crippen LogP contribution >= 0.6 is 11.5 Å². The lowest BCUT2D eigenvalue weighted by molar-refractivity contribution is 0.395. The molecule has 1 saturated heterocycles. The number of benzene rings is 1. The number of aryl methyl sites for hydroxylation is 2. The molecule has 0 aliphatic carbocycles. The van der Waals surface area contributed by atoms with E-state index in [1.807, 2.05) is 6.92 Å². The smallest absolute Gasteiger partial charge is 0.205 e. The first-order chi connectivity index (χ1) is 11.3. The fraction of sp³-hybridized carbons (Fsp3) is 0.471. The van der Waals surface area contributed by atoms with Crippen molar-refractivity contribution in [2.24, 2.45) is 0 Å². The van der Waals surface area contributed by atoms with Gasteiger partial charge in [-0.1, -0.05) is 19.1 Å². The van der Waals surface area contributed by atoms with Crippen LogP contribution in [0.1, 0.15) is 37.5 Å². The highest BCUT2D eigenvalue weighted by Gasteiger charge is 2.25. The van der Waals surface area contributed by atoms with Gasteiger partial charge in [0.15, 0.2) is 0 Å². The quantitative estimate of drug-likeness (QED) is 0.737. The van der Waals surface area contributed by atoms with Gasteiger partial charge in [0.1, 0.15) is 11.6 Å². The molecule has 0 unspecified atom stereocenters. The van der Waals surface area contributed by atoms with Crippen LogP contribution in [0.3, 0.4) is 0 Å². The standard InChI is InChI=1S/C17H21N5S/c1-3-16-19-14-6-4-5-7-15(14)22(16)13-8-10-21(11-9-13)17-18-12(2)20-23-17/h4-7,13H,3,8-11H2,1-2H3. The summed E-state index contributed by atoms with van der Waals surface area (Å²) < 4.78 is 6.77. The molecule has 0 N–H and O–H groups in total. The molecule has 120 valence electrons. The SMILES string of the molecule is CCc1nc2ccccc2n1C1CCN(c2nc(C)ns2)CC1. The van der Waals surface area contributed by atoms with Gasteiger partial charge in [0.25, 0.3) is 0 Å². The Morgan fingerprint density at radius 3 is 2.65 bits per heavy atom. The largest absolute Gasteiger partial charge is 0.347 e. The molecule has 1 aliphatic heterocycles. The molecule has 0 spiro atoms. The maximum Gasteiger partial charge on any atom is 0.205 e. The molecular formula is C17H21N5S. The fourth-order valence-electron chi connectivity index (χ4n) is 3.48. The molecule has 23 heavy (non-hydrogen) atoms. The second-order valence-corrected chi connectivity index (χ2v) is 6.81. The van der Waals surface area contributed by atoms with E-state index in [4.69, 9.17) is 4.98 Å². The van der Waals surface area contributed by atoms with Gasteiger partial charge >= 0.3 is 0 Å². The molecule has 2 aromatic heterocycles. The van der Waals surface area contributed by atoms with E-state index < -0.39 is 0 Å². The molecule has 0 amide bonds. The van der Waals surface area contributed by atoms with Crippen LogP contribution in [0.5, 0.6) is 0 Å². The molecule has 6 heteroatoms. The molecule has 0 bridgehead atoms. The number of hydrogen-bond acceptors (Lipinski definition) is 5. The molecule has 1 aromatic carbocycles. The van der Waals surface area contributed by atoms with E-state index in [0.717, 1.165) is 48.8 Å². The Bertz CT molecular complexity index is 813. The third-order valence-electron chi connectivity index (χ3n) is 4.60. The molecule has 0 atom stereocenters. The molecule has 1 fully saturated rings. The highest BCUT2D eigenvalue weighted by atomic mass is 32.1. The lowest BCUT2D eigenvalue weighted by Crippen LogP contribution is -2.35. The predicted molar refractivity (Wildman–Crippen MR) is 94.2 cm³/mol. The van der Waals surface area contributed by atoms with Crippen molar-refractivity contribution in [2.75, 3.05) is 18.0 Å². The van der Waals surface area contributed by atoms with Crippen molar-refractivity contribution in [2.45, 2.75) is 39.2 Å². The van der Waals surface area contributed by atoms with Crippen LogP contribution in [0, 0.1) is 6.92 Å². The van der Waals surface area contributed by atoms with Gasteiger partial charge in [0, 0.05) is 37.1 Å². The first-order valence-electron chi connectivity index (χ1n) is 8.27. The second-order valence-electron chi connectivity index (χ2n) is 6.08. The second kappa shape index (κ2) is 5.92. The maximum absolute atomic E-state index is 4.82. The van der Waals surface area contributed by atoms with Gasteiger partial charge in [-0.3, -0.25) is 0 Å². The Labute approximate surface area is 140 Å². The molecular weight excluding hydrogens is 306 g/mol. The summed E-state index contributed by atoms with van der Waals surface area (Å²) in [6, 6.07) is 9.02. The normalized spacial score (nSPS) is 16.3. The maximum atomic E-state index is 4.82. The predicted octanol–water partition coefficient (Wildman–Crippen LogP) is 3.60. The van der Waals surface area contributed by atoms with Crippen LogP contribution in [-0.2, 0) is 6.42 Å². The van der Waals surface area contributed by atoms with Gasteiger partial charge in [-0.2, -0.15) is 4.37 Å². The van der Waals surface area contributed by atoms with E-state index in [2.05, 4.69) is 50.0 Å². The zero-order chi connectivity index (χ0) is 15.8. The van der Waals surface area contributed by atoms with Gasteiger partial charge in [-0.15, -0.1) is 0 Å². The van der Waals surface area contributed by atoms with E-state index in [1.165, 1.54) is 22.9 Å². The molecule has 5 nitrogen and oxygen atoms in total. The lowest BCUT2D eigenvalue weighted by atomic mass is 10.0. The Kier molecular flexibility index (Phi) is 3.77. The van der Waals surface area contributed by atoms with E-state index in [-0.39, 0.29) is 0 Å². The van der Waals surface area contributed by atoms with Gasteiger partial charge in [-0.25, -0.2) is 9.97 Å². The third-order valence-corrected chi connectivity index (χ3v) is 5.47. The topological polar surface area (TPSA) is 46.8 Å². The van der Waals surface area contributed by atoms with Crippen molar-refractivity contribution in [3.05, 3.63) is 35.9 Å². The Morgan fingerprint density at radius 1 is 1.17 bits per heavy atom. The minimum Gasteiger partial charge on any atom is -0.347 e. The molecule has 3 aromatic rings. The number of imidazole rings is 1. The van der Waals surface area contributed by atoms with Crippen molar-refractivity contribution in [3.63, 3.8) is 0 Å². The van der Waals surface area contributed by atoms with Crippen molar-refractivity contribution >= 4 is 27.7 Å². The van der Waals surface area contributed by atoms with E-state index >= 15 is 0 Å². The number of nitrogens with zero attached hydrogens (tertiary/aromatic N) is 5. The van der Waals surface area contributed by atoms with E-state index in [9.17, 15) is 0 Å². The van der Waals surface area contributed by atoms with Crippen LogP contribution in [0.25, 0.3) is 11.0 Å². The summed E-state index contributed by atoms with van der Waals surface area (Å²) >= 11 is 1.51. The van der Waals surface area contributed by atoms with Gasteiger partial charge in [0.2, 0.25) is 5.13 Å². The zero-order valence-electron chi connectivity index (χ0n) is 13.6. The highest BCUT2D eigenvalue weighted by Crippen LogP contribution is 2.31. The Balaban J connectivity index is 1.59. The highest BCUT2D eigenvalue weighted by molar-refractivity contribution is 7.09. The number of aromatic nitrogens is 4. The number of anilines is 1. The molecule has 1 aliphatic rings. The van der Waals surface area contributed by atoms with Crippen molar-refractivity contribution in [3.8, 4) is 0 Å². The summed E-state index contributed by atoms with van der Waals surface area (Å²) in [5.41, 5.74) is 2.39. The van der Waals surface area contributed by atoms with Crippen molar-refractivity contribution in [1.82, 2.24) is 18.9 Å². The molecule has 0 radical (unpaired) electrons. The van der Waals surface area contributed by atoms with Crippen LogP contribution in [-0.4, -0.2) is 32.0 Å². The van der Waals surface area contributed by atoms with Crippen LogP contribution < -0.4 is 4.90 Å². The monoisotopic (exact) mass is 327 g/mol. The summed E-state index contributed by atoms with van der Waals surface area (Å²) in [5, 5.41) is 1.06. The Morgan fingerprint density at radius 2 is 1.96 bits per heavy atom. The van der Waals surface area contributed by atoms with Gasteiger partial charge < -0.3 is 9.47 Å². The summed E-state index contributed by atoms with van der Waals surface area (Å²) in [6.45, 7) is 6.22. The van der Waals surface area contributed by atoms with Gasteiger partial charge in [-0.05, 0) is 31.9 Å². The number of fused-ring (bicyclic) bond motifs is 1. The minimum absolute atomic E-state index is 0.530. The Hall–Kier alpha value is -1.95. The minimum atomic E-state index is 0.530. The van der Waals surface area contributed by atoms with Crippen LogP contribution in [0.15, 0.2) is 24.3 Å². The van der Waals surface area contributed by atoms with Crippen molar-refractivity contribution in [1.29, 1.82) is 0 Å². The summed E-state index contributed by atoms with van der Waals surface area (Å²) in [4.78, 5) is 11.7. The van der Waals surface area contributed by atoms with Crippen molar-refractivity contribution < 1.29 is 0 Å². The van der Waals surface area contributed by atoms with E-state index in [1.54, 1.807) is 0 Å². The molecule has 0 saturated carbocycles. The molecule has 4 rings (SSSR count). The molecule has 3 heterocycles.